The van der Waals surface area contributed by atoms with Crippen molar-refractivity contribution in [3.8, 4) is 12.3 Å². The molecule has 2 aliphatic rings. The van der Waals surface area contributed by atoms with Gasteiger partial charge in [0.1, 0.15) is 6.61 Å². The summed E-state index contributed by atoms with van der Waals surface area (Å²) in [5, 5.41) is 0. The zero-order chi connectivity index (χ0) is 20.2. The van der Waals surface area contributed by atoms with E-state index in [0.717, 1.165) is 5.56 Å². The highest BCUT2D eigenvalue weighted by Gasteiger charge is 2.44. The van der Waals surface area contributed by atoms with Crippen molar-refractivity contribution >= 4 is 11.9 Å². The predicted molar refractivity (Wildman–Crippen MR) is 108 cm³/mol. The van der Waals surface area contributed by atoms with Gasteiger partial charge in [-0.25, -0.2) is 4.79 Å². The summed E-state index contributed by atoms with van der Waals surface area (Å²) in [6.07, 6.45) is 6.25. The molecule has 5 nitrogen and oxygen atoms in total. The lowest BCUT2D eigenvalue weighted by molar-refractivity contribution is -0.0755. The Kier molecular flexibility index (Phi) is 5.64. The van der Waals surface area contributed by atoms with Crippen LogP contribution in [-0.4, -0.2) is 42.1 Å². The Balaban J connectivity index is 1.44. The highest BCUT2D eigenvalue weighted by Crippen LogP contribution is 2.34. The van der Waals surface area contributed by atoms with Gasteiger partial charge in [0.2, 0.25) is 0 Å². The molecule has 5 heteroatoms. The van der Waals surface area contributed by atoms with Gasteiger partial charge in [-0.3, -0.25) is 9.69 Å². The molecular weight excluding hydrogens is 366 g/mol. The van der Waals surface area contributed by atoms with Crippen molar-refractivity contribution < 1.29 is 19.1 Å². The lowest BCUT2D eigenvalue weighted by Gasteiger charge is -2.47. The quantitative estimate of drug-likeness (QED) is 0.591. The van der Waals surface area contributed by atoms with Gasteiger partial charge in [0, 0.05) is 17.0 Å². The molecule has 29 heavy (non-hydrogen) atoms. The maximum Gasteiger partial charge on any atom is 0.410 e. The number of benzene rings is 2. The number of ether oxygens (including phenoxy) is 2. The van der Waals surface area contributed by atoms with Crippen molar-refractivity contribution in [2.45, 2.75) is 31.5 Å². The van der Waals surface area contributed by atoms with E-state index >= 15 is 0 Å². The number of morpholine rings is 1. The van der Waals surface area contributed by atoms with Crippen LogP contribution in [0.4, 0.5) is 4.79 Å². The summed E-state index contributed by atoms with van der Waals surface area (Å²) in [6.45, 7) is 1.08. The number of carbonyl (C=O) groups excluding carboxylic acids is 2. The van der Waals surface area contributed by atoms with Crippen LogP contribution in [0.15, 0.2) is 54.6 Å². The second kappa shape index (κ2) is 8.50. The van der Waals surface area contributed by atoms with Crippen molar-refractivity contribution in [1.29, 1.82) is 0 Å². The average molecular weight is 389 g/mol. The molecule has 0 aliphatic carbocycles. The third-order valence-electron chi connectivity index (χ3n) is 5.62. The van der Waals surface area contributed by atoms with E-state index in [1.807, 2.05) is 42.5 Å². The summed E-state index contributed by atoms with van der Waals surface area (Å²) >= 11 is 0. The number of Topliss-reactive ketones (excluding diaryl/α,β-unsaturated/α-hetero) is 1. The van der Waals surface area contributed by atoms with E-state index in [1.165, 1.54) is 0 Å². The maximum absolute atomic E-state index is 13.0. The Morgan fingerprint density at radius 3 is 2.48 bits per heavy atom. The van der Waals surface area contributed by atoms with Crippen LogP contribution in [0.2, 0.25) is 0 Å². The Bertz CT molecular complexity index is 919. The molecule has 1 amide bonds. The lowest BCUT2D eigenvalue weighted by Crippen LogP contribution is -2.59. The summed E-state index contributed by atoms with van der Waals surface area (Å²) in [5.74, 6) is 2.50. The van der Waals surface area contributed by atoms with E-state index in [2.05, 4.69) is 5.92 Å². The normalized spacial score (nSPS) is 23.1. The molecule has 0 saturated carbocycles. The summed E-state index contributed by atoms with van der Waals surface area (Å²) in [4.78, 5) is 27.6. The fourth-order valence-electron chi connectivity index (χ4n) is 4.22. The number of amides is 1. The molecule has 2 saturated heterocycles. The number of hydrogen-bond acceptors (Lipinski definition) is 4. The molecule has 4 rings (SSSR count). The van der Waals surface area contributed by atoms with Crippen molar-refractivity contribution in [1.82, 2.24) is 4.90 Å². The number of fused-ring (bicyclic) bond motifs is 2. The van der Waals surface area contributed by atoms with Crippen LogP contribution in [0, 0.1) is 18.3 Å². The zero-order valence-electron chi connectivity index (χ0n) is 16.1. The van der Waals surface area contributed by atoms with Crippen LogP contribution in [0.3, 0.4) is 0 Å². The first-order chi connectivity index (χ1) is 14.2. The topological polar surface area (TPSA) is 55.8 Å². The monoisotopic (exact) mass is 389 g/mol. The first kappa shape index (κ1) is 19.2. The molecule has 2 aromatic carbocycles. The van der Waals surface area contributed by atoms with E-state index in [4.69, 9.17) is 15.9 Å². The summed E-state index contributed by atoms with van der Waals surface area (Å²) in [7, 11) is 0. The van der Waals surface area contributed by atoms with Crippen LogP contribution in [-0.2, 0) is 16.1 Å². The van der Waals surface area contributed by atoms with Gasteiger partial charge in [-0.1, -0.05) is 48.4 Å². The highest BCUT2D eigenvalue weighted by atomic mass is 16.6. The van der Waals surface area contributed by atoms with Gasteiger partial charge >= 0.3 is 6.09 Å². The van der Waals surface area contributed by atoms with Gasteiger partial charge < -0.3 is 9.47 Å². The van der Waals surface area contributed by atoms with E-state index in [-0.39, 0.29) is 36.5 Å². The van der Waals surface area contributed by atoms with Gasteiger partial charge in [0.05, 0.1) is 25.3 Å². The van der Waals surface area contributed by atoms with Crippen LogP contribution >= 0.6 is 0 Å². The van der Waals surface area contributed by atoms with Crippen LogP contribution in [0.1, 0.15) is 34.3 Å². The van der Waals surface area contributed by atoms with Crippen LogP contribution < -0.4 is 0 Å². The fourth-order valence-corrected chi connectivity index (χ4v) is 4.22. The highest BCUT2D eigenvalue weighted by molar-refractivity contribution is 5.98. The number of nitrogens with zero attached hydrogens (tertiary/aromatic N) is 1. The molecule has 2 atom stereocenters. The predicted octanol–water partition coefficient (Wildman–Crippen LogP) is 3.67. The Hall–Kier alpha value is -3.10. The summed E-state index contributed by atoms with van der Waals surface area (Å²) < 4.78 is 11.2. The van der Waals surface area contributed by atoms with Gasteiger partial charge in [-0.15, -0.1) is 6.42 Å². The molecule has 2 unspecified atom stereocenters. The SMILES string of the molecule is C#Cc1cccc(C(=O)C2CC3COCC(C2)N3C(=O)OCc2ccccc2)c1. The molecule has 2 aliphatic heterocycles. The Morgan fingerprint density at radius 2 is 1.79 bits per heavy atom. The van der Waals surface area contributed by atoms with Crippen molar-refractivity contribution in [3.05, 3.63) is 71.3 Å². The number of rotatable bonds is 4. The molecular formula is C24H23NO4. The molecule has 2 bridgehead atoms. The number of terminal acetylenes is 1. The van der Waals surface area contributed by atoms with E-state index in [9.17, 15) is 9.59 Å². The number of piperidine rings is 1. The van der Waals surface area contributed by atoms with Gasteiger partial charge in [0.15, 0.2) is 5.78 Å². The third-order valence-corrected chi connectivity index (χ3v) is 5.62. The molecule has 2 fully saturated rings. The zero-order valence-corrected chi connectivity index (χ0v) is 16.1. The van der Waals surface area contributed by atoms with E-state index < -0.39 is 0 Å². The first-order valence-corrected chi connectivity index (χ1v) is 9.83. The minimum Gasteiger partial charge on any atom is -0.445 e. The van der Waals surface area contributed by atoms with Gasteiger partial charge in [-0.05, 0) is 30.5 Å². The van der Waals surface area contributed by atoms with Gasteiger partial charge in [0.25, 0.3) is 0 Å². The molecule has 2 aromatic rings. The Morgan fingerprint density at radius 1 is 1.07 bits per heavy atom. The van der Waals surface area contributed by atoms with E-state index in [0.29, 0.717) is 37.2 Å². The molecule has 2 heterocycles. The molecule has 0 N–H and O–H groups in total. The smallest absolute Gasteiger partial charge is 0.410 e. The standard InChI is InChI=1S/C24H23NO4/c1-2-17-9-6-10-19(11-17)23(26)20-12-21-15-28-16-22(13-20)25(21)24(27)29-14-18-7-4-3-5-8-18/h1,3-11,20-22H,12-16H2. The van der Waals surface area contributed by atoms with Crippen LogP contribution in [0.25, 0.3) is 0 Å². The molecule has 0 spiro atoms. The average Bonchev–Trinajstić information content (AvgIpc) is 2.76. The largest absolute Gasteiger partial charge is 0.445 e. The molecule has 0 aromatic heterocycles. The van der Waals surface area contributed by atoms with Crippen molar-refractivity contribution in [2.75, 3.05) is 13.2 Å². The second-order valence-corrected chi connectivity index (χ2v) is 7.55. The number of carbonyl (C=O) groups is 2. The molecule has 148 valence electrons. The minimum absolute atomic E-state index is 0.0799. The van der Waals surface area contributed by atoms with Crippen molar-refractivity contribution in [3.63, 3.8) is 0 Å². The number of hydrogen-bond donors (Lipinski definition) is 0. The number of ketones is 1. The van der Waals surface area contributed by atoms with E-state index in [1.54, 1.807) is 17.0 Å². The van der Waals surface area contributed by atoms with Gasteiger partial charge in [-0.2, -0.15) is 0 Å². The van der Waals surface area contributed by atoms with Crippen molar-refractivity contribution in [2.24, 2.45) is 5.92 Å². The minimum atomic E-state index is -0.340. The first-order valence-electron chi connectivity index (χ1n) is 9.83. The fraction of sp³-hybridized carbons (Fsp3) is 0.333. The summed E-state index contributed by atoms with van der Waals surface area (Å²) in [5.41, 5.74) is 2.27. The molecule has 0 radical (unpaired) electrons. The lowest BCUT2D eigenvalue weighted by atomic mass is 9.80. The Labute approximate surface area is 170 Å². The maximum atomic E-state index is 13.0. The summed E-state index contributed by atoms with van der Waals surface area (Å²) in [6, 6.07) is 16.5. The van der Waals surface area contributed by atoms with Crippen LogP contribution in [0.5, 0.6) is 0 Å². The second-order valence-electron chi connectivity index (χ2n) is 7.55. The third kappa shape index (κ3) is 4.18.